The molecule has 4 nitrogen and oxygen atoms in total. The zero-order chi connectivity index (χ0) is 10.2. The largest absolute Gasteiger partial charge is 0.356 e. The number of amides is 1. The average molecular weight is 193 g/mol. The molecular formula is C10H15N3O. The Kier molecular flexibility index (Phi) is 4.61. The summed E-state index contributed by atoms with van der Waals surface area (Å²) in [7, 11) is 0. The molecule has 0 saturated heterocycles. The molecule has 0 unspecified atom stereocenters. The first kappa shape index (κ1) is 10.6. The number of carbonyl (C=O) groups excluding carboxylic acids is 1. The van der Waals surface area contributed by atoms with Crippen LogP contribution >= 0.6 is 0 Å². The van der Waals surface area contributed by atoms with Crippen LogP contribution in [0.3, 0.4) is 0 Å². The van der Waals surface area contributed by atoms with E-state index >= 15 is 0 Å². The fraction of sp³-hybridized carbons (Fsp3) is 0.500. The molecule has 0 fully saturated rings. The number of unbranched alkanes of at least 4 members (excludes halogenated alkanes) is 1. The van der Waals surface area contributed by atoms with E-state index in [0.29, 0.717) is 6.42 Å². The smallest absolute Gasteiger partial charge is 0.226 e. The third-order valence-electron chi connectivity index (χ3n) is 1.84. The zero-order valence-corrected chi connectivity index (χ0v) is 8.36. The van der Waals surface area contributed by atoms with Gasteiger partial charge in [-0.05, 0) is 12.5 Å². The number of hydrogen-bond donors (Lipinski definition) is 1. The Hall–Kier alpha value is -1.45. The molecule has 0 aliphatic heterocycles. The molecule has 14 heavy (non-hydrogen) atoms. The van der Waals surface area contributed by atoms with Gasteiger partial charge >= 0.3 is 0 Å². The molecule has 1 aromatic heterocycles. The van der Waals surface area contributed by atoms with Crippen molar-refractivity contribution < 1.29 is 4.79 Å². The monoisotopic (exact) mass is 193 g/mol. The molecular weight excluding hydrogens is 178 g/mol. The topological polar surface area (TPSA) is 54.9 Å². The van der Waals surface area contributed by atoms with Crippen LogP contribution in [-0.2, 0) is 11.2 Å². The lowest BCUT2D eigenvalue weighted by Gasteiger charge is -2.02. The second kappa shape index (κ2) is 6.07. The van der Waals surface area contributed by atoms with Crippen molar-refractivity contribution in [2.45, 2.75) is 26.2 Å². The number of nitrogens with zero attached hydrogens (tertiary/aromatic N) is 2. The molecule has 0 aliphatic carbocycles. The minimum absolute atomic E-state index is 0.0251. The Balaban J connectivity index is 2.27. The fourth-order valence-electron chi connectivity index (χ4n) is 1.05. The van der Waals surface area contributed by atoms with E-state index in [1.165, 1.54) is 6.33 Å². The van der Waals surface area contributed by atoms with E-state index in [0.717, 1.165) is 25.1 Å². The second-order valence-electron chi connectivity index (χ2n) is 3.08. The number of nitrogens with one attached hydrogen (secondary N) is 1. The van der Waals surface area contributed by atoms with Gasteiger partial charge in [-0.25, -0.2) is 9.97 Å². The van der Waals surface area contributed by atoms with E-state index in [1.54, 1.807) is 12.3 Å². The van der Waals surface area contributed by atoms with Crippen LogP contribution in [0.5, 0.6) is 0 Å². The van der Waals surface area contributed by atoms with Crippen molar-refractivity contribution >= 4 is 5.91 Å². The number of aromatic nitrogens is 2. The summed E-state index contributed by atoms with van der Waals surface area (Å²) in [6.45, 7) is 2.84. The van der Waals surface area contributed by atoms with Gasteiger partial charge in [0.25, 0.3) is 0 Å². The molecule has 0 aromatic carbocycles. The number of hydrogen-bond acceptors (Lipinski definition) is 3. The van der Waals surface area contributed by atoms with Gasteiger partial charge in [0.05, 0.1) is 12.1 Å². The maximum Gasteiger partial charge on any atom is 0.226 e. The van der Waals surface area contributed by atoms with Gasteiger partial charge in [0.2, 0.25) is 5.91 Å². The van der Waals surface area contributed by atoms with Crippen LogP contribution in [0.15, 0.2) is 18.6 Å². The van der Waals surface area contributed by atoms with Crippen LogP contribution in [-0.4, -0.2) is 22.4 Å². The van der Waals surface area contributed by atoms with Crippen molar-refractivity contribution in [1.29, 1.82) is 0 Å². The van der Waals surface area contributed by atoms with E-state index in [-0.39, 0.29) is 5.91 Å². The third kappa shape index (κ3) is 3.98. The first-order valence-corrected chi connectivity index (χ1v) is 4.84. The normalized spacial score (nSPS) is 9.79. The summed E-state index contributed by atoms with van der Waals surface area (Å²) in [6, 6.07) is 1.75. The molecule has 0 bridgehead atoms. The summed E-state index contributed by atoms with van der Waals surface area (Å²) in [4.78, 5) is 19.1. The standard InChI is InChI=1S/C10H15N3O/c1-2-3-5-12-10(14)7-9-4-6-11-8-13-9/h4,6,8H,2-3,5,7H2,1H3,(H,12,14). The van der Waals surface area contributed by atoms with Crippen LogP contribution in [0.2, 0.25) is 0 Å². The van der Waals surface area contributed by atoms with E-state index in [9.17, 15) is 4.79 Å². The lowest BCUT2D eigenvalue weighted by molar-refractivity contribution is -0.120. The van der Waals surface area contributed by atoms with Gasteiger partial charge in [-0.3, -0.25) is 4.79 Å². The van der Waals surface area contributed by atoms with Gasteiger partial charge in [0.15, 0.2) is 0 Å². The first-order chi connectivity index (χ1) is 6.83. The predicted octanol–water partition coefficient (Wildman–Crippen LogP) is 0.935. The second-order valence-corrected chi connectivity index (χ2v) is 3.08. The first-order valence-electron chi connectivity index (χ1n) is 4.84. The van der Waals surface area contributed by atoms with Crippen molar-refractivity contribution in [3.8, 4) is 0 Å². The van der Waals surface area contributed by atoms with Crippen LogP contribution < -0.4 is 5.32 Å². The zero-order valence-electron chi connectivity index (χ0n) is 8.36. The van der Waals surface area contributed by atoms with Gasteiger partial charge in [0.1, 0.15) is 6.33 Å². The van der Waals surface area contributed by atoms with Crippen LogP contribution in [0, 0.1) is 0 Å². The maximum atomic E-state index is 11.3. The van der Waals surface area contributed by atoms with Crippen LogP contribution in [0.4, 0.5) is 0 Å². The summed E-state index contributed by atoms with van der Waals surface area (Å²) in [5.41, 5.74) is 0.758. The Morgan fingerprint density at radius 3 is 3.07 bits per heavy atom. The molecule has 1 rings (SSSR count). The molecule has 1 aromatic rings. The van der Waals surface area contributed by atoms with Crippen LogP contribution in [0.25, 0.3) is 0 Å². The molecule has 0 aliphatic rings. The summed E-state index contributed by atoms with van der Waals surface area (Å²) in [6.07, 6.45) is 5.55. The number of carbonyl (C=O) groups is 1. The number of rotatable bonds is 5. The lowest BCUT2D eigenvalue weighted by atomic mass is 10.3. The summed E-state index contributed by atoms with van der Waals surface area (Å²) in [5, 5.41) is 2.83. The molecule has 0 spiro atoms. The van der Waals surface area contributed by atoms with E-state index < -0.39 is 0 Å². The molecule has 1 N–H and O–H groups in total. The van der Waals surface area contributed by atoms with Gasteiger partial charge in [-0.2, -0.15) is 0 Å². The molecule has 76 valence electrons. The van der Waals surface area contributed by atoms with Gasteiger partial charge in [0, 0.05) is 12.7 Å². The van der Waals surface area contributed by atoms with Crippen molar-refractivity contribution in [3.05, 3.63) is 24.3 Å². The average Bonchev–Trinajstić information content (AvgIpc) is 2.20. The van der Waals surface area contributed by atoms with Crippen molar-refractivity contribution in [2.75, 3.05) is 6.54 Å². The molecule has 0 atom stereocenters. The Morgan fingerprint density at radius 2 is 2.43 bits per heavy atom. The lowest BCUT2D eigenvalue weighted by Crippen LogP contribution is -2.26. The van der Waals surface area contributed by atoms with Gasteiger partial charge in [-0.15, -0.1) is 0 Å². The minimum atomic E-state index is 0.0251. The van der Waals surface area contributed by atoms with Crippen LogP contribution in [0.1, 0.15) is 25.5 Å². The maximum absolute atomic E-state index is 11.3. The summed E-state index contributed by atoms with van der Waals surface area (Å²) < 4.78 is 0. The highest BCUT2D eigenvalue weighted by molar-refractivity contribution is 5.77. The van der Waals surface area contributed by atoms with Crippen molar-refractivity contribution in [2.24, 2.45) is 0 Å². The molecule has 1 heterocycles. The fourth-order valence-corrected chi connectivity index (χ4v) is 1.05. The minimum Gasteiger partial charge on any atom is -0.356 e. The SMILES string of the molecule is CCCCNC(=O)Cc1ccncn1. The third-order valence-corrected chi connectivity index (χ3v) is 1.84. The van der Waals surface area contributed by atoms with E-state index in [2.05, 4.69) is 22.2 Å². The van der Waals surface area contributed by atoms with Crippen molar-refractivity contribution in [1.82, 2.24) is 15.3 Å². The van der Waals surface area contributed by atoms with Gasteiger partial charge in [-0.1, -0.05) is 13.3 Å². The van der Waals surface area contributed by atoms with E-state index in [4.69, 9.17) is 0 Å². The molecule has 0 saturated carbocycles. The Bertz CT molecular complexity index is 274. The Morgan fingerprint density at radius 1 is 1.57 bits per heavy atom. The Labute approximate surface area is 83.8 Å². The molecule has 0 radical (unpaired) electrons. The quantitative estimate of drug-likeness (QED) is 0.708. The summed E-state index contributed by atoms with van der Waals surface area (Å²) >= 11 is 0. The van der Waals surface area contributed by atoms with E-state index in [1.807, 2.05) is 0 Å². The molecule has 4 heteroatoms. The summed E-state index contributed by atoms with van der Waals surface area (Å²) in [5.74, 6) is 0.0251. The highest BCUT2D eigenvalue weighted by Crippen LogP contribution is 1.92. The predicted molar refractivity (Wildman–Crippen MR) is 53.7 cm³/mol. The molecule has 1 amide bonds. The van der Waals surface area contributed by atoms with Gasteiger partial charge < -0.3 is 5.32 Å². The van der Waals surface area contributed by atoms with Crippen molar-refractivity contribution in [3.63, 3.8) is 0 Å². The highest BCUT2D eigenvalue weighted by Gasteiger charge is 2.02. The highest BCUT2D eigenvalue weighted by atomic mass is 16.1.